The molecule has 0 aliphatic rings. The van der Waals surface area contributed by atoms with Crippen molar-refractivity contribution < 1.29 is 19.6 Å². The first-order valence-electron chi connectivity index (χ1n) is 8.54. The molecule has 0 atom stereocenters. The van der Waals surface area contributed by atoms with Crippen LogP contribution in [-0.2, 0) is 19.6 Å². The van der Waals surface area contributed by atoms with Crippen LogP contribution in [0.1, 0.15) is 69.2 Å². The van der Waals surface area contributed by atoms with Crippen LogP contribution in [0.2, 0.25) is 0 Å². The van der Waals surface area contributed by atoms with E-state index in [4.69, 9.17) is 19.6 Å². The minimum atomic E-state index is -0.596. The molecule has 26 heavy (non-hydrogen) atoms. The normalized spacial score (nSPS) is 11.8. The van der Waals surface area contributed by atoms with Crippen molar-refractivity contribution in [3.05, 3.63) is 25.3 Å². The van der Waals surface area contributed by atoms with Crippen LogP contribution in [0.3, 0.4) is 0 Å². The Hall–Kier alpha value is -1.56. The van der Waals surface area contributed by atoms with Crippen molar-refractivity contribution >= 4 is 0 Å². The van der Waals surface area contributed by atoms with Gasteiger partial charge in [-0.3, -0.25) is 0 Å². The first kappa shape index (κ1) is 26.7. The lowest BCUT2D eigenvalue weighted by atomic mass is 10.1. The lowest BCUT2D eigenvalue weighted by molar-refractivity contribution is -0.384. The highest BCUT2D eigenvalue weighted by atomic mass is 17.2. The van der Waals surface area contributed by atoms with Gasteiger partial charge in [-0.2, -0.15) is 0 Å². The summed E-state index contributed by atoms with van der Waals surface area (Å²) in [6, 6.07) is 0. The summed E-state index contributed by atoms with van der Waals surface area (Å²) >= 11 is 0. The summed E-state index contributed by atoms with van der Waals surface area (Å²) < 4.78 is 0. The maximum absolute atomic E-state index is 5.17. The van der Waals surface area contributed by atoms with E-state index in [2.05, 4.69) is 36.8 Å². The van der Waals surface area contributed by atoms with Gasteiger partial charge >= 0.3 is 0 Å². The molecule has 0 aromatic heterocycles. The molecule has 0 rings (SSSR count). The fourth-order valence-corrected chi connectivity index (χ4v) is 0.950. The summed E-state index contributed by atoms with van der Waals surface area (Å²) in [6.07, 6.45) is 3.06. The Morgan fingerprint density at radius 2 is 0.808 bits per heavy atom. The zero-order valence-corrected chi connectivity index (χ0v) is 18.2. The van der Waals surface area contributed by atoms with Crippen LogP contribution < -0.4 is 0 Å². The summed E-state index contributed by atoms with van der Waals surface area (Å²) in [5, 5.41) is 0. The van der Waals surface area contributed by atoms with E-state index in [0.29, 0.717) is 0 Å². The van der Waals surface area contributed by atoms with Gasteiger partial charge in [-0.1, -0.05) is 36.8 Å². The molecule has 0 heterocycles. The summed E-state index contributed by atoms with van der Waals surface area (Å²) in [5.74, 6) is 11.2. The number of hydrogen-bond acceptors (Lipinski definition) is 4. The van der Waals surface area contributed by atoms with Crippen molar-refractivity contribution in [2.45, 2.75) is 91.6 Å². The van der Waals surface area contributed by atoms with Crippen LogP contribution >= 0.6 is 0 Å². The van der Waals surface area contributed by atoms with Gasteiger partial charge in [0.2, 0.25) is 0 Å². The van der Waals surface area contributed by atoms with E-state index in [1.165, 1.54) is 12.2 Å². The molecule has 0 aliphatic heterocycles. The Morgan fingerprint density at radius 1 is 0.538 bits per heavy atom. The molecular formula is C22H36O4. The number of hydrogen-bond donors (Lipinski definition) is 0. The van der Waals surface area contributed by atoms with Crippen molar-refractivity contribution in [2.24, 2.45) is 0 Å². The number of allylic oxidation sites excluding steroid dienone is 2. The highest BCUT2D eigenvalue weighted by molar-refractivity contribution is 5.19. The average Bonchev–Trinajstić information content (AvgIpc) is 2.47. The average molecular weight is 365 g/mol. The second kappa shape index (κ2) is 11.2. The maximum atomic E-state index is 5.17. The van der Waals surface area contributed by atoms with E-state index in [-0.39, 0.29) is 11.2 Å². The summed E-state index contributed by atoms with van der Waals surface area (Å²) in [7, 11) is 0. The molecule has 0 radical (unpaired) electrons. The van der Waals surface area contributed by atoms with E-state index in [0.717, 1.165) is 0 Å². The highest BCUT2D eigenvalue weighted by Crippen LogP contribution is 2.15. The van der Waals surface area contributed by atoms with Gasteiger partial charge in [0.25, 0.3) is 0 Å². The SMILES string of the molecule is C=CC#CC(C)(C)OOC(C)(C)C.C=CC#CC(C)(C)OOC(C)(C)C. The molecule has 0 saturated carbocycles. The zero-order chi connectivity index (χ0) is 21.1. The highest BCUT2D eigenvalue weighted by Gasteiger charge is 2.22. The minimum Gasteiger partial charge on any atom is -0.229 e. The van der Waals surface area contributed by atoms with Crippen molar-refractivity contribution in [3.63, 3.8) is 0 Å². The topological polar surface area (TPSA) is 36.9 Å². The summed E-state index contributed by atoms with van der Waals surface area (Å²) in [4.78, 5) is 20.7. The molecule has 0 N–H and O–H groups in total. The van der Waals surface area contributed by atoms with Crippen LogP contribution in [0.4, 0.5) is 0 Å². The molecule has 0 fully saturated rings. The second-order valence-corrected chi connectivity index (χ2v) is 8.53. The van der Waals surface area contributed by atoms with Gasteiger partial charge in [-0.25, -0.2) is 19.6 Å². The van der Waals surface area contributed by atoms with E-state index in [1.54, 1.807) is 0 Å². The Kier molecular flexibility index (Phi) is 11.5. The predicted molar refractivity (Wildman–Crippen MR) is 108 cm³/mol. The van der Waals surface area contributed by atoms with Crippen LogP contribution in [0.25, 0.3) is 0 Å². The van der Waals surface area contributed by atoms with Crippen molar-refractivity contribution in [3.8, 4) is 23.7 Å². The fraction of sp³-hybridized carbons (Fsp3) is 0.636. The zero-order valence-electron chi connectivity index (χ0n) is 18.2. The third-order valence-electron chi connectivity index (χ3n) is 1.95. The first-order chi connectivity index (χ1) is 11.5. The van der Waals surface area contributed by atoms with Crippen LogP contribution in [0.5, 0.6) is 0 Å². The first-order valence-corrected chi connectivity index (χ1v) is 8.54. The molecule has 0 saturated heterocycles. The molecular weight excluding hydrogens is 328 g/mol. The smallest absolute Gasteiger partial charge is 0.158 e. The van der Waals surface area contributed by atoms with E-state index < -0.39 is 11.2 Å². The fourth-order valence-electron chi connectivity index (χ4n) is 0.950. The molecule has 0 aromatic carbocycles. The second-order valence-electron chi connectivity index (χ2n) is 8.53. The minimum absolute atomic E-state index is 0.312. The Labute approximate surface area is 160 Å². The molecule has 0 aromatic rings. The molecule has 0 spiro atoms. The molecule has 0 unspecified atom stereocenters. The van der Waals surface area contributed by atoms with Gasteiger partial charge < -0.3 is 0 Å². The Balaban J connectivity index is 0. The molecule has 0 aliphatic carbocycles. The van der Waals surface area contributed by atoms with Gasteiger partial charge in [0.05, 0.1) is 11.2 Å². The third-order valence-corrected chi connectivity index (χ3v) is 1.95. The van der Waals surface area contributed by atoms with Crippen LogP contribution in [0, 0.1) is 23.7 Å². The quantitative estimate of drug-likeness (QED) is 0.380. The van der Waals surface area contributed by atoms with E-state index in [1.807, 2.05) is 69.2 Å². The molecule has 0 bridgehead atoms. The predicted octanol–water partition coefficient (Wildman–Crippen LogP) is 5.40. The Bertz CT molecular complexity index is 497. The van der Waals surface area contributed by atoms with E-state index >= 15 is 0 Å². The lowest BCUT2D eigenvalue weighted by Gasteiger charge is -2.24. The van der Waals surface area contributed by atoms with Gasteiger partial charge in [-0.05, 0) is 81.4 Å². The van der Waals surface area contributed by atoms with Gasteiger partial charge in [-0.15, -0.1) is 0 Å². The largest absolute Gasteiger partial charge is 0.229 e. The van der Waals surface area contributed by atoms with Crippen LogP contribution in [0.15, 0.2) is 25.3 Å². The summed E-state index contributed by atoms with van der Waals surface area (Å²) in [6.45, 7) is 25.9. The number of rotatable bonds is 4. The summed E-state index contributed by atoms with van der Waals surface area (Å²) in [5.41, 5.74) is -1.82. The lowest BCUT2D eigenvalue weighted by Crippen LogP contribution is -2.29. The molecule has 4 nitrogen and oxygen atoms in total. The van der Waals surface area contributed by atoms with Crippen molar-refractivity contribution in [2.75, 3.05) is 0 Å². The van der Waals surface area contributed by atoms with Crippen molar-refractivity contribution in [1.82, 2.24) is 0 Å². The maximum Gasteiger partial charge on any atom is 0.158 e. The molecule has 0 amide bonds. The van der Waals surface area contributed by atoms with Gasteiger partial charge in [0.1, 0.15) is 0 Å². The molecule has 4 heteroatoms. The van der Waals surface area contributed by atoms with E-state index in [9.17, 15) is 0 Å². The van der Waals surface area contributed by atoms with Crippen molar-refractivity contribution in [1.29, 1.82) is 0 Å². The van der Waals surface area contributed by atoms with Gasteiger partial charge in [0.15, 0.2) is 11.2 Å². The molecule has 148 valence electrons. The van der Waals surface area contributed by atoms with Gasteiger partial charge in [0, 0.05) is 0 Å². The monoisotopic (exact) mass is 364 g/mol. The Morgan fingerprint density at radius 3 is 1.00 bits per heavy atom. The third kappa shape index (κ3) is 20.5. The van der Waals surface area contributed by atoms with Crippen LogP contribution in [-0.4, -0.2) is 22.4 Å². The standard InChI is InChI=1S/2C11H18O2/c2*1-7-8-9-11(5,6)13-12-10(2,3)4/h2*7H,1H2,2-6H3.